The maximum absolute atomic E-state index is 12.6. The molecule has 0 unspecified atom stereocenters. The van der Waals surface area contributed by atoms with E-state index in [-0.39, 0.29) is 29.5 Å². The number of ether oxygens (including phenoxy) is 4. The number of hydrogen-bond acceptors (Lipinski definition) is 5. The molecule has 0 saturated carbocycles. The van der Waals surface area contributed by atoms with Crippen LogP contribution < -0.4 is 18.9 Å². The van der Waals surface area contributed by atoms with Gasteiger partial charge in [-0.15, -0.1) is 0 Å². The molecule has 10 heteroatoms. The Morgan fingerprint density at radius 3 is 2.23 bits per heavy atom. The molecule has 0 spiro atoms. The van der Waals surface area contributed by atoms with Crippen LogP contribution in [0.5, 0.6) is 23.0 Å². The van der Waals surface area contributed by atoms with Crippen LogP contribution in [0.25, 0.3) is 6.08 Å². The number of ketones is 1. The van der Waals surface area contributed by atoms with Crippen molar-refractivity contribution in [2.45, 2.75) is 13.2 Å². The smallest absolute Gasteiger partial charge is 0.387 e. The summed E-state index contributed by atoms with van der Waals surface area (Å²) in [6.45, 7) is -2.90. The van der Waals surface area contributed by atoms with E-state index in [4.69, 9.17) is 49.0 Å². The van der Waals surface area contributed by atoms with Crippen LogP contribution in [-0.4, -0.2) is 26.6 Å². The number of hydrogen-bond donors (Lipinski definition) is 0. The topological polar surface area (TPSA) is 54.0 Å². The van der Waals surface area contributed by atoms with E-state index < -0.39 is 6.61 Å². The van der Waals surface area contributed by atoms with Crippen LogP contribution in [0.2, 0.25) is 15.1 Å². The van der Waals surface area contributed by atoms with Crippen molar-refractivity contribution in [2.24, 2.45) is 0 Å². The fraction of sp³-hybridized carbons (Fsp3) is 0.160. The monoisotopic (exact) mass is 542 g/mol. The molecule has 0 bridgehead atoms. The minimum Gasteiger partial charge on any atom is -0.496 e. The van der Waals surface area contributed by atoms with Gasteiger partial charge in [0.05, 0.1) is 29.3 Å². The SMILES string of the molecule is COc1ccc(/C=C/C(=O)c2ccc(OC(F)F)c(OC)c2)cc1COc1cc(Cl)c(Cl)cc1Cl. The average Bonchev–Trinajstić information content (AvgIpc) is 2.83. The second kappa shape index (κ2) is 12.1. The lowest BCUT2D eigenvalue weighted by atomic mass is 10.1. The molecule has 3 aromatic rings. The summed E-state index contributed by atoms with van der Waals surface area (Å²) in [6, 6.07) is 12.3. The summed E-state index contributed by atoms with van der Waals surface area (Å²) >= 11 is 18.2. The predicted octanol–water partition coefficient (Wildman–Crippen LogP) is 7.74. The summed E-state index contributed by atoms with van der Waals surface area (Å²) in [4.78, 5) is 12.6. The third-order valence-electron chi connectivity index (χ3n) is 4.75. The molecular formula is C25H19Cl3F2O5. The zero-order valence-electron chi connectivity index (χ0n) is 18.5. The Bertz CT molecular complexity index is 1250. The van der Waals surface area contributed by atoms with E-state index in [0.29, 0.717) is 37.7 Å². The quantitative estimate of drug-likeness (QED) is 0.149. The summed E-state index contributed by atoms with van der Waals surface area (Å²) in [5.74, 6) is 0.430. The molecule has 5 nitrogen and oxygen atoms in total. The van der Waals surface area contributed by atoms with Gasteiger partial charge < -0.3 is 18.9 Å². The zero-order chi connectivity index (χ0) is 25.5. The van der Waals surface area contributed by atoms with Gasteiger partial charge in [-0.3, -0.25) is 4.79 Å². The highest BCUT2D eigenvalue weighted by Crippen LogP contribution is 2.35. The van der Waals surface area contributed by atoms with Crippen LogP contribution in [0, 0.1) is 0 Å². The van der Waals surface area contributed by atoms with Crippen LogP contribution in [0.4, 0.5) is 8.78 Å². The van der Waals surface area contributed by atoms with Crippen molar-refractivity contribution in [1.82, 2.24) is 0 Å². The second-order valence-corrected chi connectivity index (χ2v) is 8.22. The highest BCUT2D eigenvalue weighted by Gasteiger charge is 2.14. The highest BCUT2D eigenvalue weighted by atomic mass is 35.5. The molecule has 0 fully saturated rings. The molecule has 0 aliphatic heterocycles. The summed E-state index contributed by atoms with van der Waals surface area (Å²) < 4.78 is 45.6. The van der Waals surface area contributed by atoms with Crippen LogP contribution in [0.3, 0.4) is 0 Å². The van der Waals surface area contributed by atoms with Gasteiger partial charge in [-0.2, -0.15) is 8.78 Å². The first-order valence-electron chi connectivity index (χ1n) is 10.0. The summed E-state index contributed by atoms with van der Waals surface area (Å²) in [6.07, 6.45) is 2.96. The van der Waals surface area contributed by atoms with Gasteiger partial charge in [0.15, 0.2) is 17.3 Å². The maximum Gasteiger partial charge on any atom is 0.387 e. The Kier molecular flexibility index (Phi) is 9.20. The number of carbonyl (C=O) groups excluding carboxylic acids is 1. The normalized spacial score (nSPS) is 11.1. The van der Waals surface area contributed by atoms with E-state index in [1.165, 1.54) is 50.6 Å². The summed E-state index contributed by atoms with van der Waals surface area (Å²) in [5, 5.41) is 0.922. The van der Waals surface area contributed by atoms with Gasteiger partial charge in [0, 0.05) is 17.2 Å². The van der Waals surface area contributed by atoms with E-state index in [0.717, 1.165) is 0 Å². The molecule has 0 radical (unpaired) electrons. The fourth-order valence-electron chi connectivity index (χ4n) is 3.07. The van der Waals surface area contributed by atoms with E-state index in [1.807, 2.05) is 0 Å². The van der Waals surface area contributed by atoms with E-state index >= 15 is 0 Å². The molecule has 0 saturated heterocycles. The second-order valence-electron chi connectivity index (χ2n) is 7.00. The van der Waals surface area contributed by atoms with Crippen molar-refractivity contribution < 1.29 is 32.5 Å². The first-order chi connectivity index (χ1) is 16.7. The standard InChI is InChI=1S/C25H19Cl3F2O5/c1-32-21-7-4-14(9-16(21)13-34-23-12-18(27)17(26)11-19(23)28)3-6-20(31)15-5-8-22(35-25(29)30)24(10-15)33-2/h3-12,25H,13H2,1-2H3/b6-3+. The number of rotatable bonds is 10. The van der Waals surface area contributed by atoms with Crippen LogP contribution >= 0.6 is 34.8 Å². The lowest BCUT2D eigenvalue weighted by Gasteiger charge is -2.13. The molecule has 3 rings (SSSR count). The zero-order valence-corrected chi connectivity index (χ0v) is 20.8. The van der Waals surface area contributed by atoms with Gasteiger partial charge in [0.2, 0.25) is 0 Å². The van der Waals surface area contributed by atoms with Crippen molar-refractivity contribution >= 4 is 46.7 Å². The fourth-order valence-corrected chi connectivity index (χ4v) is 3.66. The number of allylic oxidation sites excluding steroid dienone is 1. The van der Waals surface area contributed by atoms with E-state index in [2.05, 4.69) is 4.74 Å². The Morgan fingerprint density at radius 2 is 1.54 bits per heavy atom. The molecule has 0 aliphatic carbocycles. The summed E-state index contributed by atoms with van der Waals surface area (Å²) in [5.41, 5.74) is 1.63. The van der Waals surface area contributed by atoms with Gasteiger partial charge in [0.25, 0.3) is 0 Å². The molecule has 0 atom stereocenters. The molecule has 3 aromatic carbocycles. The Balaban J connectivity index is 1.77. The Morgan fingerprint density at radius 1 is 0.857 bits per heavy atom. The Labute approximate surface area is 215 Å². The van der Waals surface area contributed by atoms with Crippen molar-refractivity contribution in [3.05, 3.63) is 86.4 Å². The summed E-state index contributed by atoms with van der Waals surface area (Å²) in [7, 11) is 2.82. The van der Waals surface area contributed by atoms with Crippen LogP contribution in [-0.2, 0) is 6.61 Å². The molecule has 0 amide bonds. The van der Waals surface area contributed by atoms with Gasteiger partial charge in [0.1, 0.15) is 18.1 Å². The third-order valence-corrected chi connectivity index (χ3v) is 5.77. The van der Waals surface area contributed by atoms with Crippen LogP contribution in [0.1, 0.15) is 21.5 Å². The minimum absolute atomic E-state index is 0.0226. The first-order valence-corrected chi connectivity index (χ1v) is 11.1. The van der Waals surface area contributed by atoms with E-state index in [1.54, 1.807) is 24.3 Å². The van der Waals surface area contributed by atoms with E-state index in [9.17, 15) is 13.6 Å². The average molecular weight is 544 g/mol. The largest absolute Gasteiger partial charge is 0.496 e. The molecule has 0 aromatic heterocycles. The molecular weight excluding hydrogens is 525 g/mol. The maximum atomic E-state index is 12.6. The molecule has 35 heavy (non-hydrogen) atoms. The lowest BCUT2D eigenvalue weighted by Crippen LogP contribution is -2.04. The highest BCUT2D eigenvalue weighted by molar-refractivity contribution is 6.43. The number of methoxy groups -OCH3 is 2. The number of alkyl halides is 2. The van der Waals surface area contributed by atoms with Gasteiger partial charge in [-0.25, -0.2) is 0 Å². The first kappa shape index (κ1) is 26.6. The Hall–Kier alpha value is -3.00. The van der Waals surface area contributed by atoms with Crippen molar-refractivity contribution in [3.63, 3.8) is 0 Å². The van der Waals surface area contributed by atoms with Crippen molar-refractivity contribution in [2.75, 3.05) is 14.2 Å². The number of carbonyl (C=O) groups is 1. The lowest BCUT2D eigenvalue weighted by molar-refractivity contribution is -0.0512. The predicted molar refractivity (Wildman–Crippen MR) is 132 cm³/mol. The third kappa shape index (κ3) is 7.01. The molecule has 184 valence electrons. The van der Waals surface area contributed by atoms with Crippen molar-refractivity contribution in [1.29, 1.82) is 0 Å². The van der Waals surface area contributed by atoms with Gasteiger partial charge in [-0.05, 0) is 48.0 Å². The van der Waals surface area contributed by atoms with Gasteiger partial charge in [-0.1, -0.05) is 46.9 Å². The van der Waals surface area contributed by atoms with Crippen molar-refractivity contribution in [3.8, 4) is 23.0 Å². The molecule has 0 aliphatic rings. The minimum atomic E-state index is -3.01. The molecule has 0 N–H and O–H groups in total. The van der Waals surface area contributed by atoms with Gasteiger partial charge >= 0.3 is 6.61 Å². The number of halogens is 5. The van der Waals surface area contributed by atoms with Crippen LogP contribution in [0.15, 0.2) is 54.6 Å². The molecule has 0 heterocycles. The number of benzene rings is 3.